The first-order chi connectivity index (χ1) is 18.1. The zero-order chi connectivity index (χ0) is 25.8. The molecule has 0 spiro atoms. The highest BCUT2D eigenvalue weighted by Gasteiger charge is 2.32. The maximum atomic E-state index is 13.2. The molecule has 2 aromatic heterocycles. The third-order valence-electron chi connectivity index (χ3n) is 7.05. The van der Waals surface area contributed by atoms with Crippen LogP contribution < -0.4 is 20.1 Å². The summed E-state index contributed by atoms with van der Waals surface area (Å²) in [7, 11) is 3.22. The first-order valence-corrected chi connectivity index (χ1v) is 12.8. The summed E-state index contributed by atoms with van der Waals surface area (Å²) in [5.74, 6) is 1.49. The van der Waals surface area contributed by atoms with E-state index >= 15 is 0 Å². The highest BCUT2D eigenvalue weighted by molar-refractivity contribution is 6.08. The Balaban J connectivity index is 1.30. The van der Waals surface area contributed by atoms with Crippen molar-refractivity contribution < 1.29 is 23.8 Å². The van der Waals surface area contributed by atoms with Gasteiger partial charge >= 0.3 is 0 Å². The molecule has 0 atom stereocenters. The molecule has 1 aromatic carbocycles. The summed E-state index contributed by atoms with van der Waals surface area (Å²) in [5, 5.41) is 6.31. The molecule has 0 aliphatic heterocycles. The summed E-state index contributed by atoms with van der Waals surface area (Å²) in [5.41, 5.74) is 3.06. The number of benzene rings is 1. The normalized spacial score (nSPS) is 19.4. The molecule has 37 heavy (non-hydrogen) atoms. The zero-order valence-electron chi connectivity index (χ0n) is 21.2. The van der Waals surface area contributed by atoms with Crippen LogP contribution in [0.25, 0.3) is 22.3 Å². The van der Waals surface area contributed by atoms with Crippen LogP contribution in [0.5, 0.6) is 11.5 Å². The minimum Gasteiger partial charge on any atom is -0.497 e. The van der Waals surface area contributed by atoms with E-state index in [-0.39, 0.29) is 29.8 Å². The molecule has 0 radical (unpaired) electrons. The van der Waals surface area contributed by atoms with Crippen molar-refractivity contribution in [2.45, 2.75) is 50.6 Å². The monoisotopic (exact) mass is 507 g/mol. The van der Waals surface area contributed by atoms with E-state index in [4.69, 9.17) is 14.2 Å². The van der Waals surface area contributed by atoms with E-state index < -0.39 is 0 Å². The van der Waals surface area contributed by atoms with E-state index in [0.717, 1.165) is 44.1 Å². The van der Waals surface area contributed by atoms with Gasteiger partial charge in [0.1, 0.15) is 35.6 Å². The number of rotatable bonds is 10. The van der Waals surface area contributed by atoms with Crippen LogP contribution in [0.2, 0.25) is 0 Å². The predicted molar refractivity (Wildman–Crippen MR) is 138 cm³/mol. The summed E-state index contributed by atoms with van der Waals surface area (Å²) < 4.78 is 16.4. The van der Waals surface area contributed by atoms with Gasteiger partial charge < -0.3 is 29.8 Å². The molecule has 0 bridgehead atoms. The molecular formula is C27H33N5O5. The number of nitrogens with one attached hydrogen (secondary N) is 3. The number of amides is 2. The number of H-pyrrole nitrogens is 1. The number of aromatic amines is 1. The highest BCUT2D eigenvalue weighted by Crippen LogP contribution is 2.36. The van der Waals surface area contributed by atoms with Gasteiger partial charge in [-0.15, -0.1) is 0 Å². The van der Waals surface area contributed by atoms with Crippen molar-refractivity contribution in [3.05, 3.63) is 36.3 Å². The molecule has 2 heterocycles. The highest BCUT2D eigenvalue weighted by atomic mass is 16.5. The molecule has 5 rings (SSSR count). The van der Waals surface area contributed by atoms with Crippen molar-refractivity contribution >= 4 is 22.8 Å². The van der Waals surface area contributed by atoms with Crippen molar-refractivity contribution in [3.8, 4) is 22.8 Å². The molecule has 0 saturated heterocycles. The molecular weight excluding hydrogens is 474 g/mol. The fourth-order valence-electron chi connectivity index (χ4n) is 4.81. The lowest BCUT2D eigenvalue weighted by atomic mass is 9.91. The smallest absolute Gasteiger partial charge is 0.255 e. The van der Waals surface area contributed by atoms with Crippen LogP contribution in [0.4, 0.5) is 0 Å². The van der Waals surface area contributed by atoms with Crippen LogP contribution in [-0.4, -0.2) is 66.3 Å². The second-order valence-electron chi connectivity index (χ2n) is 9.66. The number of nitrogens with zero attached hydrogens (tertiary/aromatic N) is 2. The van der Waals surface area contributed by atoms with E-state index in [1.807, 2.05) is 12.1 Å². The third kappa shape index (κ3) is 5.69. The second-order valence-corrected chi connectivity index (χ2v) is 9.66. The van der Waals surface area contributed by atoms with Crippen LogP contribution in [0.1, 0.15) is 48.9 Å². The summed E-state index contributed by atoms with van der Waals surface area (Å²) in [6.45, 7) is 0.813. The average Bonchev–Trinajstić information content (AvgIpc) is 3.68. The Kier molecular flexibility index (Phi) is 7.55. The Hall–Kier alpha value is -3.66. The fraction of sp³-hybridized carbons (Fsp3) is 0.481. The van der Waals surface area contributed by atoms with E-state index in [9.17, 15) is 9.59 Å². The quantitative estimate of drug-likeness (QED) is 0.360. The maximum Gasteiger partial charge on any atom is 0.255 e. The molecule has 196 valence electrons. The van der Waals surface area contributed by atoms with Crippen molar-refractivity contribution in [1.82, 2.24) is 25.6 Å². The summed E-state index contributed by atoms with van der Waals surface area (Å²) in [6.07, 6.45) is 8.55. The maximum absolute atomic E-state index is 13.2. The van der Waals surface area contributed by atoms with Crippen LogP contribution in [-0.2, 0) is 9.53 Å². The lowest BCUT2D eigenvalue weighted by Gasteiger charge is -2.29. The van der Waals surface area contributed by atoms with E-state index in [1.54, 1.807) is 26.5 Å². The van der Waals surface area contributed by atoms with Gasteiger partial charge in [0.05, 0.1) is 24.8 Å². The van der Waals surface area contributed by atoms with Gasteiger partial charge in [-0.05, 0) is 50.7 Å². The average molecular weight is 508 g/mol. The number of carbonyl (C=O) groups is 2. The minimum absolute atomic E-state index is 0.0650. The van der Waals surface area contributed by atoms with Gasteiger partial charge in [0.2, 0.25) is 5.91 Å². The molecule has 2 fully saturated rings. The topological polar surface area (TPSA) is 127 Å². The Labute approximate surface area is 215 Å². The number of methoxy groups -OCH3 is 2. The van der Waals surface area contributed by atoms with Crippen LogP contribution >= 0.6 is 0 Å². The second kappa shape index (κ2) is 11.2. The number of ether oxygens (including phenoxy) is 3. The summed E-state index contributed by atoms with van der Waals surface area (Å²) in [6, 6.07) is 5.79. The van der Waals surface area contributed by atoms with Gasteiger partial charge in [0, 0.05) is 42.9 Å². The zero-order valence-corrected chi connectivity index (χ0v) is 21.2. The molecule has 10 nitrogen and oxygen atoms in total. The Morgan fingerprint density at radius 2 is 1.76 bits per heavy atom. The van der Waals surface area contributed by atoms with E-state index in [1.165, 1.54) is 6.33 Å². The van der Waals surface area contributed by atoms with Gasteiger partial charge in [-0.1, -0.05) is 0 Å². The molecule has 0 unspecified atom stereocenters. The van der Waals surface area contributed by atoms with Crippen LogP contribution in [0.3, 0.4) is 0 Å². The number of fused-ring (bicyclic) bond motifs is 1. The van der Waals surface area contributed by atoms with E-state index in [2.05, 4.69) is 25.6 Å². The lowest BCUT2D eigenvalue weighted by Crippen LogP contribution is -2.44. The Morgan fingerprint density at radius 3 is 2.46 bits per heavy atom. The van der Waals surface area contributed by atoms with Crippen LogP contribution in [0.15, 0.2) is 30.7 Å². The van der Waals surface area contributed by atoms with Gasteiger partial charge in [0.25, 0.3) is 5.91 Å². The first kappa shape index (κ1) is 25.0. The molecule has 2 saturated carbocycles. The van der Waals surface area contributed by atoms with Crippen LogP contribution in [0, 0.1) is 5.92 Å². The van der Waals surface area contributed by atoms with Gasteiger partial charge in [-0.25, -0.2) is 9.97 Å². The van der Waals surface area contributed by atoms with Gasteiger partial charge in [-0.3, -0.25) is 9.59 Å². The molecule has 2 aliphatic rings. The minimum atomic E-state index is -0.173. The number of carbonyl (C=O) groups excluding carboxylic acids is 2. The SMILES string of the molecule is COCCOc1cc(OC)ccc1-c1ncnc2c(C(=O)N[C@H]3CC[C@H](NC(=O)C4CC4)CC3)c[nH]c12. The largest absolute Gasteiger partial charge is 0.497 e. The molecule has 3 aromatic rings. The standard InChI is InChI=1S/C27H33N5O5/c1-35-11-12-37-22-13-19(36-2)9-10-20(22)23-25-24(30-15-29-23)21(14-28-25)27(34)32-18-7-5-17(6-8-18)31-26(33)16-3-4-16/h9-10,13-18,28H,3-8,11-12H2,1-2H3,(H,31,33)(H,32,34)/t17-,18-. The third-order valence-corrected chi connectivity index (χ3v) is 7.05. The number of aromatic nitrogens is 3. The molecule has 2 aliphatic carbocycles. The van der Waals surface area contributed by atoms with Crippen molar-refractivity contribution in [2.75, 3.05) is 27.4 Å². The molecule has 10 heteroatoms. The first-order valence-electron chi connectivity index (χ1n) is 12.8. The lowest BCUT2D eigenvalue weighted by molar-refractivity contribution is -0.123. The molecule has 2 amide bonds. The predicted octanol–water partition coefficient (Wildman–Crippen LogP) is 3.23. The summed E-state index contributed by atoms with van der Waals surface area (Å²) in [4.78, 5) is 37.4. The van der Waals surface area contributed by atoms with E-state index in [0.29, 0.717) is 47.0 Å². The molecule has 3 N–H and O–H groups in total. The number of hydrogen-bond donors (Lipinski definition) is 3. The summed E-state index contributed by atoms with van der Waals surface area (Å²) >= 11 is 0. The fourth-order valence-corrected chi connectivity index (χ4v) is 4.81. The Morgan fingerprint density at radius 1 is 1.00 bits per heavy atom. The van der Waals surface area contributed by atoms with Crippen molar-refractivity contribution in [1.29, 1.82) is 0 Å². The Bertz CT molecular complexity index is 1260. The number of hydrogen-bond acceptors (Lipinski definition) is 7. The van der Waals surface area contributed by atoms with Crippen molar-refractivity contribution in [2.24, 2.45) is 5.92 Å². The van der Waals surface area contributed by atoms with Crippen molar-refractivity contribution in [3.63, 3.8) is 0 Å². The van der Waals surface area contributed by atoms with Gasteiger partial charge in [-0.2, -0.15) is 0 Å². The van der Waals surface area contributed by atoms with Gasteiger partial charge in [0.15, 0.2) is 0 Å².